The number of nitrogens with one attached hydrogen (secondary N) is 1. The minimum Gasteiger partial charge on any atom is -0.469 e. The molecule has 1 aromatic carbocycles. The molecule has 0 radical (unpaired) electrons. The van der Waals surface area contributed by atoms with Gasteiger partial charge < -0.3 is 14.8 Å². The molecule has 0 heterocycles. The highest BCUT2D eigenvalue weighted by molar-refractivity contribution is 5.97. The Labute approximate surface area is 142 Å². The van der Waals surface area contributed by atoms with Crippen molar-refractivity contribution in [1.82, 2.24) is 5.32 Å². The molecule has 6 nitrogen and oxygen atoms in total. The zero-order chi connectivity index (χ0) is 19.2. The van der Waals surface area contributed by atoms with Crippen LogP contribution in [0.1, 0.15) is 29.3 Å². The predicted octanol–water partition coefficient (Wildman–Crippen LogP) is 2.18. The topological polar surface area (TPSA) is 81.7 Å². The molecule has 0 aliphatic rings. The second-order valence-electron chi connectivity index (χ2n) is 5.29. The molecule has 25 heavy (non-hydrogen) atoms. The first kappa shape index (κ1) is 20.5. The lowest BCUT2D eigenvalue weighted by molar-refractivity contribution is -0.147. The van der Waals surface area contributed by atoms with Crippen LogP contribution in [0.4, 0.5) is 13.2 Å². The largest absolute Gasteiger partial charge is 0.469 e. The second kappa shape index (κ2) is 8.50. The van der Waals surface area contributed by atoms with Gasteiger partial charge in [0.25, 0.3) is 5.91 Å². The van der Waals surface area contributed by atoms with E-state index in [4.69, 9.17) is 0 Å². The molecule has 0 bridgehead atoms. The molecule has 138 valence electrons. The van der Waals surface area contributed by atoms with Gasteiger partial charge in [0.15, 0.2) is 0 Å². The van der Waals surface area contributed by atoms with Gasteiger partial charge in [-0.1, -0.05) is 13.0 Å². The standard InChI is InChI=1S/C16H18F3NO5/c1-9(14(22)24-2)7-12(15(23)25-3)20-13(21)10-5-4-6-11(8-10)16(17,18)19/h4-6,8-9,12H,7H2,1-3H3,(H,20,21)/t9-,12+/m0/s1. The summed E-state index contributed by atoms with van der Waals surface area (Å²) in [6, 6.07) is 2.56. The lowest BCUT2D eigenvalue weighted by Crippen LogP contribution is -2.43. The summed E-state index contributed by atoms with van der Waals surface area (Å²) >= 11 is 0. The van der Waals surface area contributed by atoms with E-state index in [0.717, 1.165) is 19.2 Å². The van der Waals surface area contributed by atoms with E-state index in [1.807, 2.05) is 0 Å². The maximum Gasteiger partial charge on any atom is 0.416 e. The number of ether oxygens (including phenoxy) is 2. The number of methoxy groups -OCH3 is 2. The Morgan fingerprint density at radius 2 is 1.72 bits per heavy atom. The number of alkyl halides is 3. The zero-order valence-electron chi connectivity index (χ0n) is 13.8. The fourth-order valence-electron chi connectivity index (χ4n) is 2.09. The van der Waals surface area contributed by atoms with E-state index in [-0.39, 0.29) is 12.0 Å². The lowest BCUT2D eigenvalue weighted by Gasteiger charge is -2.19. The van der Waals surface area contributed by atoms with E-state index in [2.05, 4.69) is 14.8 Å². The summed E-state index contributed by atoms with van der Waals surface area (Å²) in [5.41, 5.74) is -1.26. The Bertz CT molecular complexity index is 645. The van der Waals surface area contributed by atoms with Crippen LogP contribution in [0.2, 0.25) is 0 Å². The molecule has 0 aliphatic carbocycles. The number of hydrogen-bond acceptors (Lipinski definition) is 5. The smallest absolute Gasteiger partial charge is 0.416 e. The van der Waals surface area contributed by atoms with Crippen LogP contribution in [0.25, 0.3) is 0 Å². The normalized spacial score (nSPS) is 13.5. The third kappa shape index (κ3) is 5.77. The van der Waals surface area contributed by atoms with Gasteiger partial charge in [-0.25, -0.2) is 4.79 Å². The fourth-order valence-corrected chi connectivity index (χ4v) is 2.09. The number of carbonyl (C=O) groups is 3. The Kier molecular flexibility index (Phi) is 6.96. The Morgan fingerprint density at radius 3 is 2.24 bits per heavy atom. The molecule has 0 spiro atoms. The summed E-state index contributed by atoms with van der Waals surface area (Å²) in [5.74, 6) is -3.03. The number of esters is 2. The summed E-state index contributed by atoms with van der Waals surface area (Å²) in [4.78, 5) is 35.4. The first-order valence-electron chi connectivity index (χ1n) is 7.24. The van der Waals surface area contributed by atoms with Crippen LogP contribution in [0, 0.1) is 5.92 Å². The third-order valence-electron chi connectivity index (χ3n) is 3.44. The molecule has 0 fully saturated rings. The summed E-state index contributed by atoms with van der Waals surface area (Å²) in [5, 5.41) is 2.28. The van der Waals surface area contributed by atoms with Crippen molar-refractivity contribution in [3.63, 3.8) is 0 Å². The van der Waals surface area contributed by atoms with Gasteiger partial charge in [0, 0.05) is 5.56 Å². The van der Waals surface area contributed by atoms with Crippen molar-refractivity contribution < 1.29 is 37.0 Å². The van der Waals surface area contributed by atoms with Gasteiger partial charge in [-0.2, -0.15) is 13.2 Å². The van der Waals surface area contributed by atoms with Gasteiger partial charge in [0.1, 0.15) is 6.04 Å². The minimum atomic E-state index is -4.60. The number of halogens is 3. The van der Waals surface area contributed by atoms with Crippen molar-refractivity contribution in [1.29, 1.82) is 0 Å². The molecule has 9 heteroatoms. The van der Waals surface area contributed by atoms with Crippen molar-refractivity contribution in [3.05, 3.63) is 35.4 Å². The Hall–Kier alpha value is -2.58. The molecule has 1 rings (SSSR count). The van der Waals surface area contributed by atoms with Crippen LogP contribution < -0.4 is 5.32 Å². The number of hydrogen-bond donors (Lipinski definition) is 1. The van der Waals surface area contributed by atoms with E-state index < -0.39 is 41.5 Å². The molecule has 1 aromatic rings. The molecule has 0 saturated heterocycles. The van der Waals surface area contributed by atoms with Crippen molar-refractivity contribution in [3.8, 4) is 0 Å². The molecular formula is C16H18F3NO5. The first-order valence-corrected chi connectivity index (χ1v) is 7.24. The van der Waals surface area contributed by atoms with Crippen molar-refractivity contribution in [2.45, 2.75) is 25.6 Å². The SMILES string of the molecule is COC(=O)[C@@H](C)C[C@@H](NC(=O)c1cccc(C(F)(F)F)c1)C(=O)OC. The highest BCUT2D eigenvalue weighted by Gasteiger charge is 2.32. The fraction of sp³-hybridized carbons (Fsp3) is 0.438. The van der Waals surface area contributed by atoms with Crippen LogP contribution in [-0.4, -0.2) is 38.1 Å². The first-order chi connectivity index (χ1) is 11.6. The van der Waals surface area contributed by atoms with E-state index in [9.17, 15) is 27.6 Å². The molecule has 0 aliphatic heterocycles. The highest BCUT2D eigenvalue weighted by Crippen LogP contribution is 2.29. The van der Waals surface area contributed by atoms with Gasteiger partial charge in [-0.3, -0.25) is 9.59 Å². The molecule has 1 amide bonds. The van der Waals surface area contributed by atoms with Crippen LogP contribution in [-0.2, 0) is 25.2 Å². The van der Waals surface area contributed by atoms with Gasteiger partial charge >= 0.3 is 18.1 Å². The summed E-state index contributed by atoms with van der Waals surface area (Å²) in [6.07, 6.45) is -4.72. The number of amides is 1. The van der Waals surface area contributed by atoms with E-state index in [1.165, 1.54) is 20.1 Å². The van der Waals surface area contributed by atoms with Crippen LogP contribution in [0.15, 0.2) is 24.3 Å². The minimum absolute atomic E-state index is 0.121. The number of benzene rings is 1. The average Bonchev–Trinajstić information content (AvgIpc) is 2.58. The summed E-state index contributed by atoms with van der Waals surface area (Å²) in [6.45, 7) is 1.48. The molecule has 2 atom stereocenters. The second-order valence-corrected chi connectivity index (χ2v) is 5.29. The average molecular weight is 361 g/mol. The molecule has 0 aromatic heterocycles. The number of rotatable bonds is 6. The monoisotopic (exact) mass is 361 g/mol. The Balaban J connectivity index is 2.95. The van der Waals surface area contributed by atoms with E-state index >= 15 is 0 Å². The van der Waals surface area contributed by atoms with E-state index in [1.54, 1.807) is 0 Å². The molecule has 0 unspecified atom stereocenters. The van der Waals surface area contributed by atoms with Gasteiger partial charge in [-0.15, -0.1) is 0 Å². The predicted molar refractivity (Wildman–Crippen MR) is 80.5 cm³/mol. The number of carbonyl (C=O) groups excluding carboxylic acids is 3. The maximum absolute atomic E-state index is 12.7. The quantitative estimate of drug-likeness (QED) is 0.786. The highest BCUT2D eigenvalue weighted by atomic mass is 19.4. The van der Waals surface area contributed by atoms with Gasteiger partial charge in [-0.05, 0) is 24.6 Å². The molecule has 1 N–H and O–H groups in total. The molecular weight excluding hydrogens is 343 g/mol. The molecule has 0 saturated carbocycles. The van der Waals surface area contributed by atoms with Crippen molar-refractivity contribution >= 4 is 17.8 Å². The van der Waals surface area contributed by atoms with Gasteiger partial charge in [0.05, 0.1) is 25.7 Å². The van der Waals surface area contributed by atoms with Crippen molar-refractivity contribution in [2.75, 3.05) is 14.2 Å². The van der Waals surface area contributed by atoms with Gasteiger partial charge in [0.2, 0.25) is 0 Å². The lowest BCUT2D eigenvalue weighted by atomic mass is 10.0. The van der Waals surface area contributed by atoms with Crippen LogP contribution in [0.5, 0.6) is 0 Å². The maximum atomic E-state index is 12.7. The Morgan fingerprint density at radius 1 is 1.12 bits per heavy atom. The van der Waals surface area contributed by atoms with Crippen LogP contribution in [0.3, 0.4) is 0 Å². The van der Waals surface area contributed by atoms with Crippen LogP contribution >= 0.6 is 0 Å². The third-order valence-corrected chi connectivity index (χ3v) is 3.44. The summed E-state index contributed by atoms with van der Waals surface area (Å²) in [7, 11) is 2.27. The zero-order valence-corrected chi connectivity index (χ0v) is 13.8. The van der Waals surface area contributed by atoms with E-state index in [0.29, 0.717) is 6.07 Å². The van der Waals surface area contributed by atoms with Crippen molar-refractivity contribution in [2.24, 2.45) is 5.92 Å². The summed E-state index contributed by atoms with van der Waals surface area (Å²) < 4.78 is 47.3.